The molecular weight excluding hydrogens is 240 g/mol. The van der Waals surface area contributed by atoms with E-state index in [-0.39, 0.29) is 30.2 Å². The molecule has 2 heterocycles. The SMILES string of the molecule is CC(=O)OC[C@H]1[C][C][C@H]2N=C(N(C)C)S[C@H]2O1. The van der Waals surface area contributed by atoms with E-state index in [2.05, 4.69) is 17.8 Å². The summed E-state index contributed by atoms with van der Waals surface area (Å²) in [6.07, 6.45) is 5.61. The van der Waals surface area contributed by atoms with Gasteiger partial charge in [0.05, 0.1) is 6.04 Å². The molecule has 5 nitrogen and oxygen atoms in total. The molecule has 0 unspecified atom stereocenters. The predicted octanol–water partition coefficient (Wildman–Crippen LogP) is 0.470. The minimum absolute atomic E-state index is 0.0887. The molecular formula is C11H14N2O3S. The van der Waals surface area contributed by atoms with Crippen molar-refractivity contribution in [2.24, 2.45) is 4.99 Å². The van der Waals surface area contributed by atoms with Crippen molar-refractivity contribution in [2.45, 2.75) is 24.5 Å². The third-order valence-electron chi connectivity index (χ3n) is 2.24. The molecule has 2 aliphatic heterocycles. The Labute approximate surface area is 106 Å². The monoisotopic (exact) mass is 254 g/mol. The molecule has 0 saturated carbocycles. The van der Waals surface area contributed by atoms with Crippen molar-refractivity contribution < 1.29 is 14.3 Å². The predicted molar refractivity (Wildman–Crippen MR) is 64.3 cm³/mol. The molecule has 6 heteroatoms. The molecule has 0 aromatic carbocycles. The molecule has 0 N–H and O–H groups in total. The van der Waals surface area contributed by atoms with E-state index >= 15 is 0 Å². The van der Waals surface area contributed by atoms with Crippen molar-refractivity contribution in [3.05, 3.63) is 12.8 Å². The zero-order valence-electron chi connectivity index (χ0n) is 9.97. The molecule has 0 aromatic rings. The van der Waals surface area contributed by atoms with E-state index in [1.54, 1.807) is 11.8 Å². The van der Waals surface area contributed by atoms with Gasteiger partial charge in [0, 0.05) is 33.9 Å². The second-order valence-corrected chi connectivity index (χ2v) is 5.02. The maximum absolute atomic E-state index is 10.7. The first-order valence-corrected chi connectivity index (χ1v) is 6.16. The highest BCUT2D eigenvalue weighted by Crippen LogP contribution is 2.35. The number of nitrogens with zero attached hydrogens (tertiary/aromatic N) is 2. The van der Waals surface area contributed by atoms with Crippen molar-refractivity contribution in [1.82, 2.24) is 4.90 Å². The van der Waals surface area contributed by atoms with Crippen LogP contribution in [-0.2, 0) is 14.3 Å². The van der Waals surface area contributed by atoms with E-state index in [1.807, 2.05) is 19.0 Å². The van der Waals surface area contributed by atoms with Crippen LogP contribution in [0.2, 0.25) is 0 Å². The van der Waals surface area contributed by atoms with Gasteiger partial charge in [0.25, 0.3) is 0 Å². The molecule has 1 fully saturated rings. The van der Waals surface area contributed by atoms with Crippen molar-refractivity contribution in [2.75, 3.05) is 20.7 Å². The van der Waals surface area contributed by atoms with Crippen LogP contribution < -0.4 is 0 Å². The van der Waals surface area contributed by atoms with Gasteiger partial charge in [0.15, 0.2) is 5.17 Å². The van der Waals surface area contributed by atoms with Gasteiger partial charge in [-0.15, -0.1) is 0 Å². The average Bonchev–Trinajstić information content (AvgIpc) is 2.69. The van der Waals surface area contributed by atoms with Crippen LogP contribution in [0.5, 0.6) is 0 Å². The Morgan fingerprint density at radius 1 is 1.59 bits per heavy atom. The van der Waals surface area contributed by atoms with Crippen molar-refractivity contribution in [3.63, 3.8) is 0 Å². The number of hydrogen-bond acceptors (Lipinski definition) is 6. The summed E-state index contributed by atoms with van der Waals surface area (Å²) >= 11 is 1.55. The van der Waals surface area contributed by atoms with Gasteiger partial charge in [-0.1, -0.05) is 11.8 Å². The van der Waals surface area contributed by atoms with Crippen LogP contribution in [0.15, 0.2) is 4.99 Å². The minimum Gasteiger partial charge on any atom is -0.463 e. The molecule has 17 heavy (non-hydrogen) atoms. The number of fused-ring (bicyclic) bond motifs is 1. The quantitative estimate of drug-likeness (QED) is 0.670. The highest BCUT2D eigenvalue weighted by Gasteiger charge is 2.38. The van der Waals surface area contributed by atoms with Crippen LogP contribution in [-0.4, -0.2) is 54.3 Å². The Bertz CT molecular complexity index is 333. The number of amidine groups is 1. The summed E-state index contributed by atoms with van der Waals surface area (Å²) in [4.78, 5) is 17.1. The second kappa shape index (κ2) is 5.27. The molecule has 4 radical (unpaired) electrons. The van der Waals surface area contributed by atoms with E-state index in [0.29, 0.717) is 0 Å². The van der Waals surface area contributed by atoms with E-state index in [9.17, 15) is 4.79 Å². The van der Waals surface area contributed by atoms with Crippen LogP contribution in [0.4, 0.5) is 0 Å². The highest BCUT2D eigenvalue weighted by atomic mass is 32.2. The maximum atomic E-state index is 10.7. The van der Waals surface area contributed by atoms with E-state index < -0.39 is 0 Å². The van der Waals surface area contributed by atoms with Gasteiger partial charge < -0.3 is 14.4 Å². The average molecular weight is 254 g/mol. The molecule has 3 atom stereocenters. The summed E-state index contributed by atoms with van der Waals surface area (Å²) in [5, 5.41) is 0.919. The van der Waals surface area contributed by atoms with Crippen LogP contribution in [0.25, 0.3) is 0 Å². The van der Waals surface area contributed by atoms with Gasteiger partial charge in [-0.25, -0.2) is 0 Å². The third-order valence-corrected chi connectivity index (χ3v) is 3.52. The standard InChI is InChI=1S/C11H14N2O3S/c1-7(14)15-6-8-4-5-9-10(16-8)17-11(12-9)13(2)3/h8-10H,6H2,1-3H3/t8-,9-,10-/m1/s1. The normalized spacial score (nSPS) is 31.7. The van der Waals surface area contributed by atoms with Crippen molar-refractivity contribution in [1.29, 1.82) is 0 Å². The summed E-state index contributed by atoms with van der Waals surface area (Å²) < 4.78 is 10.6. The summed E-state index contributed by atoms with van der Waals surface area (Å²) in [5.41, 5.74) is -0.0887. The lowest BCUT2D eigenvalue weighted by atomic mass is 10.1. The first kappa shape index (κ1) is 12.7. The van der Waals surface area contributed by atoms with E-state index in [4.69, 9.17) is 9.47 Å². The number of rotatable bonds is 2. The number of aliphatic imine (C=N–C) groups is 1. The molecule has 92 valence electrons. The van der Waals surface area contributed by atoms with Gasteiger partial charge in [-0.2, -0.15) is 0 Å². The Morgan fingerprint density at radius 2 is 2.35 bits per heavy atom. The van der Waals surface area contributed by atoms with Gasteiger partial charge in [0.2, 0.25) is 0 Å². The van der Waals surface area contributed by atoms with Gasteiger partial charge in [-0.3, -0.25) is 9.79 Å². The number of carbonyl (C=O) groups excluding carboxylic acids is 1. The molecule has 2 aliphatic rings. The zero-order valence-corrected chi connectivity index (χ0v) is 10.8. The zero-order chi connectivity index (χ0) is 12.4. The molecule has 1 saturated heterocycles. The number of thioether (sulfide) groups is 1. The third kappa shape index (κ3) is 3.13. The van der Waals surface area contributed by atoms with Crippen molar-refractivity contribution in [3.8, 4) is 0 Å². The van der Waals surface area contributed by atoms with E-state index in [1.165, 1.54) is 6.92 Å². The molecule has 0 aromatic heterocycles. The molecule has 0 amide bonds. The Balaban J connectivity index is 1.84. The number of carbonyl (C=O) groups is 1. The fraction of sp³-hybridized carbons (Fsp3) is 0.636. The first-order chi connectivity index (χ1) is 8.06. The fourth-order valence-electron chi connectivity index (χ4n) is 1.45. The number of ether oxygens (including phenoxy) is 2. The molecule has 0 spiro atoms. The van der Waals surface area contributed by atoms with Crippen LogP contribution >= 0.6 is 11.8 Å². The Hall–Kier alpha value is -0.750. The van der Waals surface area contributed by atoms with Gasteiger partial charge >= 0.3 is 5.97 Å². The lowest BCUT2D eigenvalue weighted by molar-refractivity contribution is -0.145. The highest BCUT2D eigenvalue weighted by molar-refractivity contribution is 8.14. The van der Waals surface area contributed by atoms with Crippen LogP contribution in [0.1, 0.15) is 6.92 Å². The summed E-state index contributed by atoms with van der Waals surface area (Å²) in [7, 11) is 3.87. The Morgan fingerprint density at radius 3 is 3.00 bits per heavy atom. The fourth-order valence-corrected chi connectivity index (χ4v) is 2.49. The van der Waals surface area contributed by atoms with Crippen LogP contribution in [0, 0.1) is 12.8 Å². The summed E-state index contributed by atoms with van der Waals surface area (Å²) in [5.74, 6) is -0.318. The molecule has 0 aliphatic carbocycles. The second-order valence-electron chi connectivity index (χ2n) is 3.95. The molecule has 2 rings (SSSR count). The summed E-state index contributed by atoms with van der Waals surface area (Å²) in [6, 6.07) is -0.106. The maximum Gasteiger partial charge on any atom is 0.302 e. The smallest absolute Gasteiger partial charge is 0.302 e. The first-order valence-electron chi connectivity index (χ1n) is 5.28. The summed E-state index contributed by atoms with van der Waals surface area (Å²) in [6.45, 7) is 1.56. The lowest BCUT2D eigenvalue weighted by Gasteiger charge is -2.28. The van der Waals surface area contributed by atoms with Crippen molar-refractivity contribution >= 4 is 22.9 Å². The number of hydrogen-bond donors (Lipinski definition) is 0. The largest absolute Gasteiger partial charge is 0.463 e. The number of esters is 1. The van der Waals surface area contributed by atoms with E-state index in [0.717, 1.165) is 5.17 Å². The minimum atomic E-state index is -0.343. The topological polar surface area (TPSA) is 51.1 Å². The lowest BCUT2D eigenvalue weighted by Crippen LogP contribution is -2.37. The van der Waals surface area contributed by atoms with Crippen LogP contribution in [0.3, 0.4) is 0 Å². The van der Waals surface area contributed by atoms with Gasteiger partial charge in [-0.05, 0) is 0 Å². The Kier molecular flexibility index (Phi) is 3.93. The van der Waals surface area contributed by atoms with Gasteiger partial charge in [0.1, 0.15) is 18.1 Å². The molecule has 0 bridgehead atoms.